The fourth-order valence-corrected chi connectivity index (χ4v) is 2.54. The highest BCUT2D eigenvalue weighted by atomic mass is 32.1. The van der Waals surface area contributed by atoms with Crippen molar-refractivity contribution < 1.29 is 9.53 Å². The fourth-order valence-electron chi connectivity index (χ4n) is 1.38. The lowest BCUT2D eigenvalue weighted by Crippen LogP contribution is -2.06. The lowest BCUT2D eigenvalue weighted by Gasteiger charge is -2.02. The highest BCUT2D eigenvalue weighted by Gasteiger charge is 2.17. The Morgan fingerprint density at radius 1 is 1.65 bits per heavy atom. The molecular weight excluding hydrogens is 256 g/mol. The van der Waals surface area contributed by atoms with Crippen molar-refractivity contribution in [1.82, 2.24) is 9.97 Å². The van der Waals surface area contributed by atoms with Gasteiger partial charge in [0.05, 0.1) is 11.5 Å². The van der Waals surface area contributed by atoms with E-state index in [1.807, 2.05) is 12.1 Å². The third-order valence-electron chi connectivity index (χ3n) is 2.05. The molecule has 2 aromatic heterocycles. The maximum atomic E-state index is 11.7. The Morgan fingerprint density at radius 2 is 2.47 bits per heavy atom. The molecule has 0 saturated carbocycles. The second kappa shape index (κ2) is 5.20. The monoisotopic (exact) mass is 266 g/mol. The van der Waals surface area contributed by atoms with Crippen LogP contribution in [0.5, 0.6) is 0 Å². The van der Waals surface area contributed by atoms with Crippen molar-refractivity contribution in [2.24, 2.45) is 0 Å². The molecule has 1 N–H and O–H groups in total. The van der Waals surface area contributed by atoms with Crippen LogP contribution in [0.1, 0.15) is 17.4 Å². The first-order valence-electron chi connectivity index (χ1n) is 5.03. The second-order valence-electron chi connectivity index (χ2n) is 3.18. The van der Waals surface area contributed by atoms with E-state index in [1.54, 1.807) is 19.3 Å². The molecule has 0 aliphatic carbocycles. The molecule has 88 valence electrons. The van der Waals surface area contributed by atoms with Crippen LogP contribution in [-0.4, -0.2) is 22.5 Å². The van der Waals surface area contributed by atoms with Gasteiger partial charge in [-0.3, -0.25) is 4.98 Å². The van der Waals surface area contributed by atoms with Crippen LogP contribution in [0.2, 0.25) is 0 Å². The highest BCUT2D eigenvalue weighted by molar-refractivity contribution is 7.73. The van der Waals surface area contributed by atoms with E-state index in [2.05, 4.69) is 9.97 Å². The average Bonchev–Trinajstić information content (AvgIpc) is 2.73. The van der Waals surface area contributed by atoms with E-state index < -0.39 is 5.97 Å². The summed E-state index contributed by atoms with van der Waals surface area (Å²) in [5.74, 6) is -0.390. The van der Waals surface area contributed by atoms with E-state index >= 15 is 0 Å². The lowest BCUT2D eigenvalue weighted by atomic mass is 10.2. The number of hydrogen-bond donors (Lipinski definition) is 1. The van der Waals surface area contributed by atoms with Gasteiger partial charge in [-0.05, 0) is 25.2 Å². The summed E-state index contributed by atoms with van der Waals surface area (Å²) in [4.78, 5) is 19.4. The second-order valence-corrected chi connectivity index (χ2v) is 4.87. The molecule has 4 nitrogen and oxygen atoms in total. The highest BCUT2D eigenvalue weighted by Crippen LogP contribution is 2.28. The molecular formula is C11H10N2O2S2. The number of rotatable bonds is 3. The number of aromatic nitrogens is 2. The van der Waals surface area contributed by atoms with Crippen molar-refractivity contribution >= 4 is 29.5 Å². The molecule has 17 heavy (non-hydrogen) atoms. The Balaban J connectivity index is 2.48. The van der Waals surface area contributed by atoms with Gasteiger partial charge in [0.15, 0.2) is 3.95 Å². The normalized spacial score (nSPS) is 10.2. The number of ether oxygens (including phenoxy) is 1. The van der Waals surface area contributed by atoms with Gasteiger partial charge in [-0.1, -0.05) is 6.07 Å². The number of nitrogens with one attached hydrogen (secondary N) is 1. The van der Waals surface area contributed by atoms with Gasteiger partial charge in [0.1, 0.15) is 5.69 Å². The average molecular weight is 266 g/mol. The Bertz CT molecular complexity index is 575. The minimum atomic E-state index is -0.390. The van der Waals surface area contributed by atoms with E-state index in [0.717, 1.165) is 10.4 Å². The first-order chi connectivity index (χ1) is 8.22. The molecule has 0 aliphatic rings. The van der Waals surface area contributed by atoms with Gasteiger partial charge in [0.25, 0.3) is 0 Å². The zero-order valence-corrected chi connectivity index (χ0v) is 10.7. The Labute approximate surface area is 107 Å². The minimum Gasteiger partial charge on any atom is -0.461 e. The largest absolute Gasteiger partial charge is 0.461 e. The SMILES string of the molecule is CCOC(=O)c1[nH]c(=S)sc1-c1cccnc1. The summed E-state index contributed by atoms with van der Waals surface area (Å²) in [6, 6.07) is 3.69. The van der Waals surface area contributed by atoms with Crippen molar-refractivity contribution in [1.29, 1.82) is 0 Å². The Kier molecular flexibility index (Phi) is 3.65. The maximum absolute atomic E-state index is 11.7. The minimum absolute atomic E-state index is 0.335. The molecule has 0 amide bonds. The molecule has 0 aromatic carbocycles. The molecule has 6 heteroatoms. The topological polar surface area (TPSA) is 55.0 Å². The van der Waals surface area contributed by atoms with Gasteiger partial charge < -0.3 is 9.72 Å². The molecule has 0 spiro atoms. The molecule has 0 atom stereocenters. The van der Waals surface area contributed by atoms with E-state index in [9.17, 15) is 4.79 Å². The number of carbonyl (C=O) groups excluding carboxylic acids is 1. The number of thiazole rings is 1. The number of hydrogen-bond acceptors (Lipinski definition) is 5. The predicted octanol–water partition coefficient (Wildman–Crippen LogP) is 3.04. The lowest BCUT2D eigenvalue weighted by molar-refractivity contribution is 0.0521. The van der Waals surface area contributed by atoms with Crippen molar-refractivity contribution in [2.45, 2.75) is 6.92 Å². The first-order valence-corrected chi connectivity index (χ1v) is 6.25. The zero-order valence-electron chi connectivity index (χ0n) is 9.10. The van der Waals surface area contributed by atoms with Crippen LogP contribution in [0.4, 0.5) is 0 Å². The molecule has 0 bridgehead atoms. The molecule has 0 unspecified atom stereocenters. The molecule has 0 aliphatic heterocycles. The number of aromatic amines is 1. The van der Waals surface area contributed by atoms with Gasteiger partial charge >= 0.3 is 5.97 Å². The van der Waals surface area contributed by atoms with E-state index in [1.165, 1.54) is 11.3 Å². The quantitative estimate of drug-likeness (QED) is 0.685. The van der Waals surface area contributed by atoms with Crippen molar-refractivity contribution in [2.75, 3.05) is 6.61 Å². The predicted molar refractivity (Wildman–Crippen MR) is 68.7 cm³/mol. The van der Waals surface area contributed by atoms with Gasteiger partial charge in [-0.2, -0.15) is 0 Å². The third kappa shape index (κ3) is 2.59. The number of pyridine rings is 1. The van der Waals surface area contributed by atoms with Gasteiger partial charge in [0.2, 0.25) is 0 Å². The van der Waals surface area contributed by atoms with Gasteiger partial charge in [0, 0.05) is 18.0 Å². The number of esters is 1. The number of carbonyl (C=O) groups is 1. The molecule has 2 rings (SSSR count). The van der Waals surface area contributed by atoms with E-state index in [0.29, 0.717) is 16.3 Å². The summed E-state index contributed by atoms with van der Waals surface area (Å²) >= 11 is 6.40. The van der Waals surface area contributed by atoms with Gasteiger partial charge in [-0.25, -0.2) is 4.79 Å². The van der Waals surface area contributed by atoms with Gasteiger partial charge in [-0.15, -0.1) is 11.3 Å². The number of H-pyrrole nitrogens is 1. The summed E-state index contributed by atoms with van der Waals surface area (Å²) in [5.41, 5.74) is 1.25. The smallest absolute Gasteiger partial charge is 0.356 e. The van der Waals surface area contributed by atoms with Crippen LogP contribution in [0.15, 0.2) is 24.5 Å². The summed E-state index contributed by atoms with van der Waals surface area (Å²) in [6.07, 6.45) is 3.37. The van der Waals surface area contributed by atoms with Crippen LogP contribution >= 0.6 is 23.6 Å². The van der Waals surface area contributed by atoms with Crippen LogP contribution in [0.25, 0.3) is 10.4 Å². The standard InChI is InChI=1S/C11H10N2O2S2/c1-2-15-10(14)8-9(17-11(16)13-8)7-4-3-5-12-6-7/h3-6H,2H2,1H3,(H,13,16). The summed E-state index contributed by atoms with van der Waals surface area (Å²) < 4.78 is 5.52. The first kappa shape index (κ1) is 11.9. The van der Waals surface area contributed by atoms with Crippen LogP contribution in [0, 0.1) is 3.95 Å². The molecule has 0 radical (unpaired) electrons. The third-order valence-corrected chi connectivity index (χ3v) is 3.34. The zero-order chi connectivity index (χ0) is 12.3. The van der Waals surface area contributed by atoms with Crippen molar-refractivity contribution in [3.05, 3.63) is 34.2 Å². The van der Waals surface area contributed by atoms with Crippen LogP contribution < -0.4 is 0 Å². The molecule has 0 saturated heterocycles. The molecule has 2 heterocycles. The van der Waals surface area contributed by atoms with Crippen LogP contribution in [-0.2, 0) is 4.74 Å². The van der Waals surface area contributed by atoms with Crippen molar-refractivity contribution in [3.8, 4) is 10.4 Å². The number of nitrogens with zero attached hydrogens (tertiary/aromatic N) is 1. The summed E-state index contributed by atoms with van der Waals surface area (Å²) in [5, 5.41) is 0. The Hall–Kier alpha value is -1.53. The van der Waals surface area contributed by atoms with Crippen molar-refractivity contribution in [3.63, 3.8) is 0 Å². The van der Waals surface area contributed by atoms with E-state index in [4.69, 9.17) is 17.0 Å². The fraction of sp³-hybridized carbons (Fsp3) is 0.182. The Morgan fingerprint density at radius 3 is 3.12 bits per heavy atom. The molecule has 2 aromatic rings. The maximum Gasteiger partial charge on any atom is 0.356 e. The summed E-state index contributed by atoms with van der Waals surface area (Å²) in [7, 11) is 0. The molecule has 0 fully saturated rings. The van der Waals surface area contributed by atoms with Crippen LogP contribution in [0.3, 0.4) is 0 Å². The van der Waals surface area contributed by atoms with E-state index in [-0.39, 0.29) is 0 Å². The summed E-state index contributed by atoms with van der Waals surface area (Å²) in [6.45, 7) is 2.10.